The minimum atomic E-state index is -4.33. The van der Waals surface area contributed by atoms with E-state index in [4.69, 9.17) is 0 Å². The van der Waals surface area contributed by atoms with E-state index in [-0.39, 0.29) is 18.6 Å². The van der Waals surface area contributed by atoms with Crippen LogP contribution >= 0.6 is 0 Å². The van der Waals surface area contributed by atoms with Crippen LogP contribution in [0.4, 0.5) is 18.9 Å². The molecule has 5 heteroatoms. The zero-order valence-electron chi connectivity index (χ0n) is 13.4. The van der Waals surface area contributed by atoms with Crippen molar-refractivity contribution in [2.45, 2.75) is 59.4 Å². The Bertz CT molecular complexity index is 453. The predicted molar refractivity (Wildman–Crippen MR) is 81.6 cm³/mol. The minimum absolute atomic E-state index is 0.147. The van der Waals surface area contributed by atoms with Gasteiger partial charge in [0.1, 0.15) is 0 Å². The number of nitrogens with one attached hydrogen (secondary N) is 1. The number of rotatable bonds is 6. The molecule has 0 unspecified atom stereocenters. The van der Waals surface area contributed by atoms with Crippen molar-refractivity contribution in [2.75, 3.05) is 11.4 Å². The van der Waals surface area contributed by atoms with Gasteiger partial charge in [0.15, 0.2) is 0 Å². The van der Waals surface area contributed by atoms with E-state index in [1.165, 1.54) is 6.07 Å². The third-order valence-electron chi connectivity index (χ3n) is 3.40. The van der Waals surface area contributed by atoms with Gasteiger partial charge in [0.25, 0.3) is 0 Å². The van der Waals surface area contributed by atoms with E-state index in [9.17, 15) is 13.2 Å². The van der Waals surface area contributed by atoms with Crippen molar-refractivity contribution in [1.29, 1.82) is 0 Å². The third-order valence-corrected chi connectivity index (χ3v) is 3.40. The molecule has 1 aromatic carbocycles. The van der Waals surface area contributed by atoms with Crippen molar-refractivity contribution in [3.05, 3.63) is 29.3 Å². The van der Waals surface area contributed by atoms with E-state index in [0.29, 0.717) is 17.8 Å². The lowest BCUT2D eigenvalue weighted by Crippen LogP contribution is -2.31. The molecular formula is C16H25F3N2. The van der Waals surface area contributed by atoms with Crippen LogP contribution < -0.4 is 10.2 Å². The summed E-state index contributed by atoms with van der Waals surface area (Å²) in [7, 11) is 0. The smallest absolute Gasteiger partial charge is 0.369 e. The fourth-order valence-electron chi connectivity index (χ4n) is 2.32. The number of hydrogen-bond donors (Lipinski definition) is 1. The molecule has 120 valence electrons. The Balaban J connectivity index is 3.18. The van der Waals surface area contributed by atoms with Crippen LogP contribution in [-0.4, -0.2) is 18.6 Å². The van der Waals surface area contributed by atoms with Gasteiger partial charge in [-0.15, -0.1) is 0 Å². The molecule has 0 atom stereocenters. The van der Waals surface area contributed by atoms with Crippen LogP contribution in [0.25, 0.3) is 0 Å². The van der Waals surface area contributed by atoms with E-state index >= 15 is 0 Å². The van der Waals surface area contributed by atoms with Crippen LogP contribution in [0.2, 0.25) is 0 Å². The van der Waals surface area contributed by atoms with Gasteiger partial charge < -0.3 is 10.2 Å². The van der Waals surface area contributed by atoms with Crippen LogP contribution in [0.5, 0.6) is 0 Å². The summed E-state index contributed by atoms with van der Waals surface area (Å²) in [6.07, 6.45) is -4.33. The van der Waals surface area contributed by atoms with Gasteiger partial charge in [-0.1, -0.05) is 19.9 Å². The first-order valence-corrected chi connectivity index (χ1v) is 7.37. The molecule has 0 bridgehead atoms. The number of alkyl halides is 3. The largest absolute Gasteiger partial charge is 0.416 e. The highest BCUT2D eigenvalue weighted by atomic mass is 19.4. The number of benzene rings is 1. The Morgan fingerprint density at radius 2 is 1.76 bits per heavy atom. The van der Waals surface area contributed by atoms with Gasteiger partial charge in [-0.3, -0.25) is 0 Å². The van der Waals surface area contributed by atoms with E-state index in [0.717, 1.165) is 0 Å². The number of nitrogens with zero attached hydrogens (tertiary/aromatic N) is 1. The van der Waals surface area contributed by atoms with Crippen molar-refractivity contribution in [2.24, 2.45) is 0 Å². The quantitative estimate of drug-likeness (QED) is 0.836. The summed E-state index contributed by atoms with van der Waals surface area (Å²) < 4.78 is 39.8. The monoisotopic (exact) mass is 302 g/mol. The van der Waals surface area contributed by atoms with Crippen LogP contribution in [0.3, 0.4) is 0 Å². The summed E-state index contributed by atoms with van der Waals surface area (Å²) >= 11 is 0. The molecule has 1 rings (SSSR count). The molecule has 21 heavy (non-hydrogen) atoms. The normalized spacial score (nSPS) is 12.3. The van der Waals surface area contributed by atoms with Crippen LogP contribution in [0.1, 0.15) is 45.7 Å². The summed E-state index contributed by atoms with van der Waals surface area (Å²) in [4.78, 5) is 1.95. The molecule has 0 saturated carbocycles. The molecule has 0 radical (unpaired) electrons. The maximum atomic E-state index is 13.3. The van der Waals surface area contributed by atoms with Gasteiger partial charge in [0.05, 0.1) is 5.56 Å². The van der Waals surface area contributed by atoms with Crippen molar-refractivity contribution in [3.8, 4) is 0 Å². The zero-order valence-corrected chi connectivity index (χ0v) is 13.4. The number of halogens is 3. The van der Waals surface area contributed by atoms with Crippen LogP contribution in [0, 0.1) is 0 Å². The van der Waals surface area contributed by atoms with Gasteiger partial charge in [0.2, 0.25) is 0 Å². The Hall–Kier alpha value is -1.23. The molecule has 0 aliphatic rings. The van der Waals surface area contributed by atoms with Crippen molar-refractivity contribution in [3.63, 3.8) is 0 Å². The van der Waals surface area contributed by atoms with Gasteiger partial charge >= 0.3 is 6.18 Å². The Labute approximate surface area is 125 Å². The van der Waals surface area contributed by atoms with E-state index < -0.39 is 11.7 Å². The second kappa shape index (κ2) is 7.16. The Morgan fingerprint density at radius 1 is 1.14 bits per heavy atom. The van der Waals surface area contributed by atoms with Crippen molar-refractivity contribution in [1.82, 2.24) is 5.32 Å². The van der Waals surface area contributed by atoms with E-state index in [1.54, 1.807) is 12.1 Å². The first-order valence-electron chi connectivity index (χ1n) is 7.37. The Morgan fingerprint density at radius 3 is 2.19 bits per heavy atom. The second-order valence-corrected chi connectivity index (χ2v) is 5.75. The van der Waals surface area contributed by atoms with E-state index in [1.807, 2.05) is 39.5 Å². The van der Waals surface area contributed by atoms with Gasteiger partial charge in [-0.25, -0.2) is 0 Å². The van der Waals surface area contributed by atoms with Gasteiger partial charge in [-0.05, 0) is 38.5 Å². The SMILES string of the molecule is CCN(c1ccc(CNC(C)C)c(C(F)(F)F)c1)C(C)C. The summed E-state index contributed by atoms with van der Waals surface area (Å²) in [6.45, 7) is 10.6. The third kappa shape index (κ3) is 4.92. The highest BCUT2D eigenvalue weighted by Gasteiger charge is 2.34. The molecule has 0 fully saturated rings. The number of anilines is 1. The first kappa shape index (κ1) is 17.8. The fraction of sp³-hybridized carbons (Fsp3) is 0.625. The molecule has 2 nitrogen and oxygen atoms in total. The average Bonchev–Trinajstić information content (AvgIpc) is 2.36. The average molecular weight is 302 g/mol. The fourth-order valence-corrected chi connectivity index (χ4v) is 2.32. The maximum Gasteiger partial charge on any atom is 0.416 e. The molecule has 1 N–H and O–H groups in total. The molecule has 0 aliphatic heterocycles. The lowest BCUT2D eigenvalue weighted by atomic mass is 10.0. The lowest BCUT2D eigenvalue weighted by molar-refractivity contribution is -0.138. The van der Waals surface area contributed by atoms with Gasteiger partial charge in [-0.2, -0.15) is 13.2 Å². The lowest BCUT2D eigenvalue weighted by Gasteiger charge is -2.29. The molecule has 1 aromatic rings. The summed E-state index contributed by atoms with van der Waals surface area (Å²) in [5.74, 6) is 0. The molecule has 0 spiro atoms. The highest BCUT2D eigenvalue weighted by molar-refractivity contribution is 5.52. The van der Waals surface area contributed by atoms with Crippen LogP contribution in [0.15, 0.2) is 18.2 Å². The Kier molecular flexibility index (Phi) is 6.08. The summed E-state index contributed by atoms with van der Waals surface area (Å²) in [5.41, 5.74) is 0.361. The molecular weight excluding hydrogens is 277 g/mol. The predicted octanol–water partition coefficient (Wildman–Crippen LogP) is 4.44. The summed E-state index contributed by atoms with van der Waals surface area (Å²) in [5, 5.41) is 3.05. The van der Waals surface area contributed by atoms with Crippen molar-refractivity contribution < 1.29 is 13.2 Å². The zero-order chi connectivity index (χ0) is 16.2. The molecule has 0 aliphatic carbocycles. The van der Waals surface area contributed by atoms with Crippen molar-refractivity contribution >= 4 is 5.69 Å². The second-order valence-electron chi connectivity index (χ2n) is 5.75. The minimum Gasteiger partial charge on any atom is -0.369 e. The number of hydrogen-bond acceptors (Lipinski definition) is 2. The van der Waals surface area contributed by atoms with Gasteiger partial charge in [0, 0.05) is 30.9 Å². The first-order chi connectivity index (χ1) is 9.66. The molecule has 0 saturated heterocycles. The maximum absolute atomic E-state index is 13.3. The topological polar surface area (TPSA) is 15.3 Å². The molecule has 0 amide bonds. The molecule has 0 heterocycles. The van der Waals surface area contributed by atoms with E-state index in [2.05, 4.69) is 5.32 Å². The highest BCUT2D eigenvalue weighted by Crippen LogP contribution is 2.35. The van der Waals surface area contributed by atoms with Crippen LogP contribution in [-0.2, 0) is 12.7 Å². The standard InChI is InChI=1S/C16H25F3N2/c1-6-21(12(4)5)14-8-7-13(10-20-11(2)3)15(9-14)16(17,18)19/h7-9,11-12,20H,6,10H2,1-5H3. The molecule has 0 aromatic heterocycles. The summed E-state index contributed by atoms with van der Waals surface area (Å²) in [6, 6.07) is 4.93.